The molecule has 3 aromatic carbocycles. The van der Waals surface area contributed by atoms with Crippen LogP contribution in [0.1, 0.15) is 33.2 Å². The van der Waals surface area contributed by atoms with Crippen molar-refractivity contribution in [2.45, 2.75) is 13.0 Å². The van der Waals surface area contributed by atoms with E-state index in [2.05, 4.69) is 0 Å². The fourth-order valence-electron chi connectivity index (χ4n) is 2.97. The topological polar surface area (TPSA) is 60.4 Å². The summed E-state index contributed by atoms with van der Waals surface area (Å²) in [6, 6.07) is 21.5. The van der Waals surface area contributed by atoms with Crippen LogP contribution in [0.15, 0.2) is 84.9 Å². The maximum Gasteiger partial charge on any atom is 0.303 e. The summed E-state index contributed by atoms with van der Waals surface area (Å²) in [6.45, 7) is 1.21. The van der Waals surface area contributed by atoms with Gasteiger partial charge in [-0.1, -0.05) is 53.5 Å². The van der Waals surface area contributed by atoms with Gasteiger partial charge in [0.2, 0.25) is 5.78 Å². The molecule has 0 heterocycles. The number of rotatable bonds is 7. The number of allylic oxidation sites excluding steroid dienone is 1. The molecule has 0 amide bonds. The van der Waals surface area contributed by atoms with Gasteiger partial charge >= 0.3 is 5.97 Å². The quantitative estimate of drug-likeness (QED) is 0.247. The summed E-state index contributed by atoms with van der Waals surface area (Å²) in [5, 5.41) is 0.969. The molecular weight excluding hydrogens is 435 g/mol. The van der Waals surface area contributed by atoms with Crippen LogP contribution < -0.4 is 0 Å². The Labute approximate surface area is 190 Å². The molecule has 1 unspecified atom stereocenters. The Bertz CT molecular complexity index is 1120. The molecule has 3 rings (SSSR count). The lowest BCUT2D eigenvalue weighted by atomic mass is 9.92. The molecule has 0 aromatic heterocycles. The van der Waals surface area contributed by atoms with Gasteiger partial charge in [0.05, 0.1) is 0 Å². The van der Waals surface area contributed by atoms with Crippen LogP contribution in [0.2, 0.25) is 10.0 Å². The van der Waals surface area contributed by atoms with Crippen molar-refractivity contribution in [1.82, 2.24) is 0 Å². The van der Waals surface area contributed by atoms with E-state index in [1.807, 2.05) is 6.07 Å². The zero-order valence-corrected chi connectivity index (χ0v) is 18.1. The van der Waals surface area contributed by atoms with Gasteiger partial charge in [-0.25, -0.2) is 0 Å². The largest absolute Gasteiger partial charge is 0.449 e. The number of Topliss-reactive ketones (excluding diaryl/α,β-unsaturated/α-hetero) is 1. The Morgan fingerprint density at radius 3 is 1.77 bits per heavy atom. The molecule has 0 radical (unpaired) electrons. The number of ketones is 2. The average Bonchev–Trinajstić information content (AvgIpc) is 2.77. The summed E-state index contributed by atoms with van der Waals surface area (Å²) in [7, 11) is 0. The predicted molar refractivity (Wildman–Crippen MR) is 122 cm³/mol. The van der Waals surface area contributed by atoms with E-state index in [0.29, 0.717) is 26.7 Å². The minimum absolute atomic E-state index is 0.274. The number of hydrogen-bond acceptors (Lipinski definition) is 4. The van der Waals surface area contributed by atoms with Crippen LogP contribution in [0.25, 0.3) is 5.57 Å². The third kappa shape index (κ3) is 5.91. The van der Waals surface area contributed by atoms with Crippen molar-refractivity contribution in [2.24, 2.45) is 0 Å². The van der Waals surface area contributed by atoms with Crippen molar-refractivity contribution in [3.05, 3.63) is 112 Å². The van der Waals surface area contributed by atoms with Gasteiger partial charge in [-0.3, -0.25) is 14.4 Å². The summed E-state index contributed by atoms with van der Waals surface area (Å²) < 4.78 is 5.41. The van der Waals surface area contributed by atoms with Gasteiger partial charge in [-0.05, 0) is 60.2 Å². The number of hydrogen-bond donors (Lipinski definition) is 0. The van der Waals surface area contributed by atoms with Crippen LogP contribution in [0.5, 0.6) is 0 Å². The summed E-state index contributed by atoms with van der Waals surface area (Å²) in [6.07, 6.45) is 0.0114. The van der Waals surface area contributed by atoms with Gasteiger partial charge in [-0.2, -0.15) is 0 Å². The third-order valence-electron chi connectivity index (χ3n) is 4.46. The molecule has 0 bridgehead atoms. The molecule has 0 spiro atoms. The van der Waals surface area contributed by atoms with Crippen LogP contribution in [-0.4, -0.2) is 23.6 Å². The Hall–Kier alpha value is -3.21. The van der Waals surface area contributed by atoms with E-state index in [0.717, 1.165) is 0 Å². The molecule has 0 aliphatic rings. The molecule has 6 heteroatoms. The second kappa shape index (κ2) is 10.2. The summed E-state index contributed by atoms with van der Waals surface area (Å²) in [5.41, 5.74) is 1.55. The van der Waals surface area contributed by atoms with Crippen LogP contribution in [-0.2, 0) is 9.53 Å². The zero-order valence-electron chi connectivity index (χ0n) is 16.5. The number of carbonyl (C=O) groups is 3. The Morgan fingerprint density at radius 2 is 1.26 bits per heavy atom. The second-order valence-electron chi connectivity index (χ2n) is 6.70. The molecule has 0 aliphatic carbocycles. The zero-order chi connectivity index (χ0) is 22.4. The smallest absolute Gasteiger partial charge is 0.303 e. The molecule has 0 saturated heterocycles. The van der Waals surface area contributed by atoms with E-state index in [9.17, 15) is 14.4 Å². The molecule has 0 N–H and O–H groups in total. The van der Waals surface area contributed by atoms with Gasteiger partial charge in [0.15, 0.2) is 11.9 Å². The van der Waals surface area contributed by atoms with E-state index in [1.54, 1.807) is 72.8 Å². The predicted octanol–water partition coefficient (Wildman–Crippen LogP) is 6.07. The molecule has 4 nitrogen and oxygen atoms in total. The normalized spacial score (nSPS) is 12.2. The number of esters is 1. The molecule has 0 fully saturated rings. The molecule has 156 valence electrons. The summed E-state index contributed by atoms with van der Waals surface area (Å²) >= 11 is 11.8. The highest BCUT2D eigenvalue weighted by Crippen LogP contribution is 2.26. The maximum absolute atomic E-state index is 13.3. The van der Waals surface area contributed by atoms with Crippen molar-refractivity contribution in [2.75, 3.05) is 0 Å². The first kappa shape index (κ1) is 22.5. The fraction of sp³-hybridized carbons (Fsp3) is 0.0800. The number of carbonyl (C=O) groups excluding carboxylic acids is 3. The first-order valence-electron chi connectivity index (χ1n) is 9.39. The molecule has 1 atom stereocenters. The highest BCUT2D eigenvalue weighted by Gasteiger charge is 2.29. The molecule has 0 saturated carbocycles. The Balaban J connectivity index is 2.10. The van der Waals surface area contributed by atoms with Gasteiger partial charge in [0.1, 0.15) is 0 Å². The molecule has 0 aliphatic heterocycles. The number of benzene rings is 3. The summed E-state index contributed by atoms with van der Waals surface area (Å²) in [4.78, 5) is 38.1. The molecule has 31 heavy (non-hydrogen) atoms. The van der Waals surface area contributed by atoms with Gasteiger partial charge < -0.3 is 4.74 Å². The molecular formula is C25H18Cl2O4. The Kier molecular flexibility index (Phi) is 7.40. The van der Waals surface area contributed by atoms with Crippen molar-refractivity contribution in [1.29, 1.82) is 0 Å². The van der Waals surface area contributed by atoms with Crippen LogP contribution in [0.3, 0.4) is 0 Å². The van der Waals surface area contributed by atoms with E-state index in [4.69, 9.17) is 27.9 Å². The first-order chi connectivity index (χ1) is 14.8. The lowest BCUT2D eigenvalue weighted by molar-refractivity contribution is -0.142. The number of ether oxygens (including phenoxy) is 1. The van der Waals surface area contributed by atoms with Gasteiger partial charge in [0, 0.05) is 33.7 Å². The van der Waals surface area contributed by atoms with Crippen LogP contribution in [0.4, 0.5) is 0 Å². The van der Waals surface area contributed by atoms with Crippen molar-refractivity contribution >= 4 is 46.3 Å². The highest BCUT2D eigenvalue weighted by molar-refractivity contribution is 6.31. The van der Waals surface area contributed by atoms with Crippen LogP contribution >= 0.6 is 23.2 Å². The van der Waals surface area contributed by atoms with Gasteiger partial charge in [0.25, 0.3) is 0 Å². The van der Waals surface area contributed by atoms with Gasteiger partial charge in [-0.15, -0.1) is 0 Å². The third-order valence-corrected chi connectivity index (χ3v) is 4.96. The Morgan fingerprint density at radius 1 is 0.742 bits per heavy atom. The average molecular weight is 453 g/mol. The standard InChI is InChI=1S/C25H18Cl2O4/c1-16(28)31-25(24(30)19-9-13-21(27)14-10-19)22(17-5-3-2-4-6-17)15-23(29)18-7-11-20(26)12-8-18/h2-15,25H,1H3/b22-15+. The molecule has 3 aromatic rings. The lowest BCUT2D eigenvalue weighted by Gasteiger charge is -2.20. The van der Waals surface area contributed by atoms with Crippen molar-refractivity contribution in [3.63, 3.8) is 0 Å². The summed E-state index contributed by atoms with van der Waals surface area (Å²) in [5.74, 6) is -1.46. The van der Waals surface area contributed by atoms with E-state index in [1.165, 1.54) is 13.0 Å². The highest BCUT2D eigenvalue weighted by atomic mass is 35.5. The SMILES string of the molecule is CC(=O)OC(C(=O)c1ccc(Cl)cc1)/C(=C/C(=O)c1ccc(Cl)cc1)c1ccccc1. The minimum atomic E-state index is -1.31. The van der Waals surface area contributed by atoms with Crippen molar-refractivity contribution < 1.29 is 19.1 Å². The fourth-order valence-corrected chi connectivity index (χ4v) is 3.22. The lowest BCUT2D eigenvalue weighted by Crippen LogP contribution is -2.28. The van der Waals surface area contributed by atoms with E-state index >= 15 is 0 Å². The number of halogens is 2. The van der Waals surface area contributed by atoms with E-state index < -0.39 is 17.9 Å². The van der Waals surface area contributed by atoms with E-state index in [-0.39, 0.29) is 11.4 Å². The van der Waals surface area contributed by atoms with Crippen LogP contribution in [0, 0.1) is 0 Å². The second-order valence-corrected chi connectivity index (χ2v) is 7.57. The minimum Gasteiger partial charge on any atom is -0.449 e. The maximum atomic E-state index is 13.3. The monoisotopic (exact) mass is 452 g/mol. The first-order valence-corrected chi connectivity index (χ1v) is 10.1. The van der Waals surface area contributed by atoms with Crippen molar-refractivity contribution in [3.8, 4) is 0 Å².